The van der Waals surface area contributed by atoms with Crippen LogP contribution in [0, 0.1) is 20.2 Å². The van der Waals surface area contributed by atoms with Gasteiger partial charge in [0.2, 0.25) is 5.91 Å². The molecule has 0 spiro atoms. The van der Waals surface area contributed by atoms with E-state index in [0.29, 0.717) is 0 Å². The van der Waals surface area contributed by atoms with Gasteiger partial charge in [-0.25, -0.2) is 5.43 Å². The molecule has 1 amide bonds. The predicted molar refractivity (Wildman–Crippen MR) is 108 cm³/mol. The van der Waals surface area contributed by atoms with Crippen LogP contribution in [0.1, 0.15) is 11.3 Å². The molecule has 152 valence electrons. The van der Waals surface area contributed by atoms with Crippen molar-refractivity contribution in [3.8, 4) is 11.3 Å². The van der Waals surface area contributed by atoms with E-state index in [9.17, 15) is 25.0 Å². The third-order valence-corrected chi connectivity index (χ3v) is 4.20. The molecule has 0 aliphatic heterocycles. The summed E-state index contributed by atoms with van der Waals surface area (Å²) in [6.07, 6.45) is 0.984. The van der Waals surface area contributed by atoms with Gasteiger partial charge >= 0.3 is 0 Å². The summed E-state index contributed by atoms with van der Waals surface area (Å²) < 4.78 is 5.51. The van der Waals surface area contributed by atoms with E-state index in [-0.39, 0.29) is 45.5 Å². The molecule has 0 bridgehead atoms. The minimum Gasteiger partial charge on any atom is -0.455 e. The van der Waals surface area contributed by atoms with Crippen molar-refractivity contribution >= 4 is 35.1 Å². The molecule has 3 aromatic rings. The highest BCUT2D eigenvalue weighted by Crippen LogP contribution is 2.33. The number of amides is 1. The maximum absolute atomic E-state index is 12.0. The molecule has 0 atom stereocenters. The molecule has 0 saturated heterocycles. The molecule has 0 saturated carbocycles. The van der Waals surface area contributed by atoms with Crippen LogP contribution >= 0.6 is 11.6 Å². The van der Waals surface area contributed by atoms with Gasteiger partial charge in [-0.2, -0.15) is 5.10 Å². The molecule has 0 unspecified atom stereocenters. The van der Waals surface area contributed by atoms with Gasteiger partial charge in [0.05, 0.1) is 28.0 Å². The third-order valence-electron chi connectivity index (χ3n) is 3.97. The molecule has 1 heterocycles. The molecule has 10 nitrogen and oxygen atoms in total. The Hall–Kier alpha value is -4.05. The number of nitrogens with zero attached hydrogens (tertiary/aromatic N) is 3. The van der Waals surface area contributed by atoms with Crippen molar-refractivity contribution in [2.45, 2.75) is 6.42 Å². The monoisotopic (exact) mass is 428 g/mol. The van der Waals surface area contributed by atoms with E-state index in [2.05, 4.69) is 10.5 Å². The van der Waals surface area contributed by atoms with E-state index in [0.717, 1.165) is 0 Å². The zero-order valence-electron chi connectivity index (χ0n) is 15.1. The van der Waals surface area contributed by atoms with E-state index in [4.69, 9.17) is 16.0 Å². The summed E-state index contributed by atoms with van der Waals surface area (Å²) in [4.78, 5) is 33.1. The van der Waals surface area contributed by atoms with Gasteiger partial charge < -0.3 is 4.42 Å². The number of carbonyl (C=O) groups is 1. The molecule has 30 heavy (non-hydrogen) atoms. The Labute approximate surface area is 174 Å². The van der Waals surface area contributed by atoms with Gasteiger partial charge in [-0.1, -0.05) is 29.8 Å². The highest BCUT2D eigenvalue weighted by molar-refractivity contribution is 6.30. The Kier molecular flexibility index (Phi) is 6.18. The normalized spacial score (nSPS) is 10.8. The zero-order chi connectivity index (χ0) is 21.7. The number of benzene rings is 2. The number of carbonyl (C=O) groups excluding carboxylic acids is 1. The Morgan fingerprint density at radius 3 is 2.53 bits per heavy atom. The molecule has 11 heteroatoms. The minimum atomic E-state index is -0.569. The number of nitro groups is 2. The maximum Gasteiger partial charge on any atom is 0.281 e. The fraction of sp³-hybridized carbons (Fsp3) is 0.0526. The number of rotatable bonds is 7. The summed E-state index contributed by atoms with van der Waals surface area (Å²) >= 11 is 5.80. The average Bonchev–Trinajstić information content (AvgIpc) is 3.16. The number of hydrazone groups is 1. The fourth-order valence-corrected chi connectivity index (χ4v) is 2.82. The van der Waals surface area contributed by atoms with Crippen molar-refractivity contribution in [2.75, 3.05) is 0 Å². The molecule has 2 aromatic carbocycles. The molecule has 1 N–H and O–H groups in total. The molecule has 0 aliphatic carbocycles. The SMILES string of the molecule is O=C(Cc1ccccc1[N+](=O)[O-])NN=Cc1ccc(-c2ccc(Cl)cc2[N+](=O)[O-])o1. The highest BCUT2D eigenvalue weighted by Gasteiger charge is 2.19. The number of hydrogen-bond acceptors (Lipinski definition) is 7. The largest absolute Gasteiger partial charge is 0.455 e. The lowest BCUT2D eigenvalue weighted by Gasteiger charge is -2.01. The summed E-state index contributed by atoms with van der Waals surface area (Å²) in [6, 6.07) is 13.1. The maximum atomic E-state index is 12.0. The summed E-state index contributed by atoms with van der Waals surface area (Å²) in [6.45, 7) is 0. The summed E-state index contributed by atoms with van der Waals surface area (Å²) in [5.74, 6) is -0.0908. The van der Waals surface area contributed by atoms with Gasteiger partial charge in [-0.3, -0.25) is 25.0 Å². The average molecular weight is 429 g/mol. The lowest BCUT2D eigenvalue weighted by atomic mass is 10.1. The summed E-state index contributed by atoms with van der Waals surface area (Å²) in [5.41, 5.74) is 2.38. The van der Waals surface area contributed by atoms with Crippen LogP contribution in [-0.2, 0) is 11.2 Å². The van der Waals surface area contributed by atoms with Crippen molar-refractivity contribution in [3.63, 3.8) is 0 Å². The first-order valence-corrected chi connectivity index (χ1v) is 8.81. The highest BCUT2D eigenvalue weighted by atomic mass is 35.5. The first kappa shape index (κ1) is 20.7. The van der Waals surface area contributed by atoms with Crippen LogP contribution in [0.2, 0.25) is 5.02 Å². The summed E-state index contributed by atoms with van der Waals surface area (Å²) in [7, 11) is 0. The first-order valence-electron chi connectivity index (χ1n) is 8.43. The lowest BCUT2D eigenvalue weighted by Crippen LogP contribution is -2.20. The molecule has 0 radical (unpaired) electrons. The summed E-state index contributed by atoms with van der Waals surface area (Å²) in [5, 5.41) is 26.2. The van der Waals surface area contributed by atoms with E-state index in [1.807, 2.05) is 0 Å². The van der Waals surface area contributed by atoms with E-state index in [1.165, 1.54) is 54.7 Å². The number of hydrogen-bond donors (Lipinski definition) is 1. The Morgan fingerprint density at radius 1 is 1.07 bits per heavy atom. The van der Waals surface area contributed by atoms with Gasteiger partial charge in [0.1, 0.15) is 11.5 Å². The zero-order valence-corrected chi connectivity index (χ0v) is 15.9. The lowest BCUT2D eigenvalue weighted by molar-refractivity contribution is -0.385. The number of nitro benzene ring substituents is 2. The second kappa shape index (κ2) is 8.97. The number of para-hydroxylation sites is 1. The second-order valence-corrected chi connectivity index (χ2v) is 6.41. The van der Waals surface area contributed by atoms with Gasteiger partial charge in [-0.15, -0.1) is 0 Å². The second-order valence-electron chi connectivity index (χ2n) is 5.98. The standard InChI is InChI=1S/C19H13ClN4O6/c20-13-5-7-15(17(10-13)24(28)29)18-8-6-14(30-18)11-21-22-19(25)9-12-3-1-2-4-16(12)23(26)27/h1-8,10-11H,9H2,(H,22,25). The Bertz CT molecular complexity index is 1160. The van der Waals surface area contributed by atoms with Crippen LogP contribution < -0.4 is 5.43 Å². The van der Waals surface area contributed by atoms with Crippen molar-refractivity contribution in [3.05, 3.63) is 91.2 Å². The number of furan rings is 1. The Balaban J connectivity index is 1.68. The smallest absolute Gasteiger partial charge is 0.281 e. The first-order chi connectivity index (χ1) is 14.3. The topological polar surface area (TPSA) is 141 Å². The predicted octanol–water partition coefficient (Wildman–Crippen LogP) is 4.11. The van der Waals surface area contributed by atoms with E-state index in [1.54, 1.807) is 6.07 Å². The van der Waals surface area contributed by atoms with Crippen LogP contribution in [0.3, 0.4) is 0 Å². The van der Waals surface area contributed by atoms with Gasteiger partial charge in [0, 0.05) is 22.7 Å². The molecule has 1 aromatic heterocycles. The van der Waals surface area contributed by atoms with Crippen LogP contribution in [0.15, 0.2) is 64.1 Å². The molecular weight excluding hydrogens is 416 g/mol. The number of halogens is 1. The molecule has 3 rings (SSSR count). The van der Waals surface area contributed by atoms with Crippen molar-refractivity contribution in [1.82, 2.24) is 5.43 Å². The van der Waals surface area contributed by atoms with Crippen molar-refractivity contribution in [2.24, 2.45) is 5.10 Å². The fourth-order valence-electron chi connectivity index (χ4n) is 2.65. The molecule has 0 fully saturated rings. The van der Waals surface area contributed by atoms with Gasteiger partial charge in [0.25, 0.3) is 11.4 Å². The van der Waals surface area contributed by atoms with E-state index >= 15 is 0 Å². The van der Waals surface area contributed by atoms with Crippen LogP contribution in [0.4, 0.5) is 11.4 Å². The third kappa shape index (κ3) is 4.86. The van der Waals surface area contributed by atoms with Gasteiger partial charge in [0.15, 0.2) is 0 Å². The van der Waals surface area contributed by atoms with Crippen LogP contribution in [0.5, 0.6) is 0 Å². The van der Waals surface area contributed by atoms with E-state index < -0.39 is 15.8 Å². The molecule has 0 aliphatic rings. The minimum absolute atomic E-state index is 0.156. The van der Waals surface area contributed by atoms with Crippen molar-refractivity contribution < 1.29 is 19.1 Å². The quantitative estimate of drug-likeness (QED) is 0.341. The molecular formula is C19H13ClN4O6. The van der Waals surface area contributed by atoms with Crippen LogP contribution in [0.25, 0.3) is 11.3 Å². The van der Waals surface area contributed by atoms with Gasteiger partial charge in [-0.05, 0) is 24.3 Å². The Morgan fingerprint density at radius 2 is 1.80 bits per heavy atom. The van der Waals surface area contributed by atoms with Crippen molar-refractivity contribution in [1.29, 1.82) is 0 Å². The van der Waals surface area contributed by atoms with Crippen LogP contribution in [-0.4, -0.2) is 22.0 Å². The number of nitrogens with one attached hydrogen (secondary N) is 1.